The molecule has 0 aliphatic carbocycles. The van der Waals surface area contributed by atoms with E-state index in [9.17, 15) is 0 Å². The Balaban J connectivity index is 1.35. The van der Waals surface area contributed by atoms with Gasteiger partial charge in [0.2, 0.25) is 5.89 Å². The van der Waals surface area contributed by atoms with E-state index in [1.165, 1.54) is 6.33 Å². The molecule has 0 aliphatic heterocycles. The van der Waals surface area contributed by atoms with Gasteiger partial charge in [0.1, 0.15) is 12.7 Å². The summed E-state index contributed by atoms with van der Waals surface area (Å²) in [5.74, 6) is 1.25. The van der Waals surface area contributed by atoms with Crippen molar-refractivity contribution in [1.29, 1.82) is 0 Å². The first kappa shape index (κ1) is 15.1. The van der Waals surface area contributed by atoms with Crippen LogP contribution in [0.15, 0.2) is 71.8 Å². The predicted molar refractivity (Wildman–Crippen MR) is 92.2 cm³/mol. The first-order chi connectivity index (χ1) is 12.4. The molecule has 0 bridgehead atoms. The fraction of sp³-hybridized carbons (Fsp3) is 0.111. The highest BCUT2D eigenvalue weighted by atomic mass is 16.5. The Kier molecular flexibility index (Phi) is 4.20. The summed E-state index contributed by atoms with van der Waals surface area (Å²) >= 11 is 0. The van der Waals surface area contributed by atoms with Crippen molar-refractivity contribution in [3.63, 3.8) is 0 Å². The van der Waals surface area contributed by atoms with Crippen LogP contribution >= 0.6 is 0 Å². The lowest BCUT2D eigenvalue weighted by molar-refractivity contribution is 0.380. The molecule has 0 radical (unpaired) electrons. The summed E-state index contributed by atoms with van der Waals surface area (Å²) in [6.45, 7) is 0.501. The first-order valence-electron chi connectivity index (χ1n) is 7.91. The number of nitrogens with zero attached hydrogens (tertiary/aromatic N) is 5. The maximum Gasteiger partial charge on any atom is 0.231 e. The van der Waals surface area contributed by atoms with Crippen LogP contribution in [0.5, 0.6) is 0 Å². The molecule has 0 amide bonds. The summed E-state index contributed by atoms with van der Waals surface area (Å²) < 4.78 is 7.01. The predicted octanol–water partition coefficient (Wildman–Crippen LogP) is 2.85. The minimum absolute atomic E-state index is 0.501. The van der Waals surface area contributed by atoms with E-state index in [1.54, 1.807) is 11.0 Å². The van der Waals surface area contributed by atoms with Crippen molar-refractivity contribution < 1.29 is 4.52 Å². The normalized spacial score (nSPS) is 10.7. The molecule has 25 heavy (non-hydrogen) atoms. The van der Waals surface area contributed by atoms with Crippen molar-refractivity contribution in [3.8, 4) is 5.69 Å². The Hall–Kier alpha value is -3.48. The number of rotatable bonds is 6. The molecule has 4 rings (SSSR count). The largest absolute Gasteiger partial charge is 0.378 e. The number of hydrogen-bond donors (Lipinski definition) is 1. The van der Waals surface area contributed by atoms with Crippen molar-refractivity contribution in [2.24, 2.45) is 0 Å². The summed E-state index contributed by atoms with van der Waals surface area (Å²) in [5, 5.41) is 11.4. The Morgan fingerprint density at radius 2 is 1.84 bits per heavy atom. The quantitative estimate of drug-likeness (QED) is 0.585. The van der Waals surface area contributed by atoms with Crippen molar-refractivity contribution in [2.75, 3.05) is 5.32 Å². The van der Waals surface area contributed by atoms with Crippen molar-refractivity contribution in [2.45, 2.75) is 13.0 Å². The SMILES string of the molecule is c1ccc(Cc2nc(CNc3ccc(-n4cncn4)cc3)no2)cc1. The van der Waals surface area contributed by atoms with E-state index in [4.69, 9.17) is 4.52 Å². The summed E-state index contributed by atoms with van der Waals surface area (Å²) in [6.07, 6.45) is 3.81. The van der Waals surface area contributed by atoms with Gasteiger partial charge in [0.15, 0.2) is 5.82 Å². The Morgan fingerprint density at radius 1 is 1.00 bits per heavy atom. The molecule has 2 aromatic heterocycles. The highest BCUT2D eigenvalue weighted by molar-refractivity contribution is 5.48. The van der Waals surface area contributed by atoms with E-state index >= 15 is 0 Å². The van der Waals surface area contributed by atoms with Gasteiger partial charge < -0.3 is 9.84 Å². The Labute approximate surface area is 144 Å². The lowest BCUT2D eigenvalue weighted by atomic mass is 10.1. The first-order valence-corrected chi connectivity index (χ1v) is 7.91. The van der Waals surface area contributed by atoms with E-state index in [1.807, 2.05) is 54.6 Å². The molecule has 4 aromatic rings. The molecule has 1 N–H and O–H groups in total. The third kappa shape index (κ3) is 3.72. The van der Waals surface area contributed by atoms with Crippen LogP contribution in [-0.4, -0.2) is 24.9 Å². The number of aromatic nitrogens is 5. The molecule has 0 saturated carbocycles. The number of hydrogen-bond acceptors (Lipinski definition) is 6. The minimum Gasteiger partial charge on any atom is -0.378 e. The maximum absolute atomic E-state index is 5.31. The van der Waals surface area contributed by atoms with E-state index in [0.29, 0.717) is 24.7 Å². The third-order valence-electron chi connectivity index (χ3n) is 3.71. The average molecular weight is 332 g/mol. The van der Waals surface area contributed by atoms with Crippen LogP contribution < -0.4 is 5.32 Å². The van der Waals surface area contributed by atoms with Crippen LogP contribution in [0, 0.1) is 0 Å². The van der Waals surface area contributed by atoms with Gasteiger partial charge >= 0.3 is 0 Å². The second-order valence-electron chi connectivity index (χ2n) is 5.51. The zero-order valence-corrected chi connectivity index (χ0v) is 13.4. The molecular formula is C18H16N6O. The Morgan fingerprint density at radius 3 is 2.60 bits per heavy atom. The molecule has 7 heteroatoms. The van der Waals surface area contributed by atoms with Gasteiger partial charge in [0.25, 0.3) is 0 Å². The summed E-state index contributed by atoms with van der Waals surface area (Å²) in [4.78, 5) is 8.35. The smallest absolute Gasteiger partial charge is 0.231 e. The second kappa shape index (κ2) is 6.96. The molecular weight excluding hydrogens is 316 g/mol. The fourth-order valence-electron chi connectivity index (χ4n) is 2.46. The van der Waals surface area contributed by atoms with Crippen LogP contribution in [0.3, 0.4) is 0 Å². The van der Waals surface area contributed by atoms with Gasteiger partial charge in [0, 0.05) is 5.69 Å². The van der Waals surface area contributed by atoms with Crippen LogP contribution in [0.2, 0.25) is 0 Å². The molecule has 2 aromatic carbocycles. The van der Waals surface area contributed by atoms with Gasteiger partial charge in [-0.3, -0.25) is 0 Å². The average Bonchev–Trinajstić information content (AvgIpc) is 3.33. The van der Waals surface area contributed by atoms with Gasteiger partial charge in [-0.15, -0.1) is 0 Å². The standard InChI is InChI=1S/C18H16N6O/c1-2-4-14(5-3-1)10-18-22-17(23-25-18)11-20-15-6-8-16(9-7-15)24-13-19-12-21-24/h1-9,12-13,20H,10-11H2. The number of nitrogens with one attached hydrogen (secondary N) is 1. The van der Waals surface area contributed by atoms with Gasteiger partial charge in [-0.1, -0.05) is 35.5 Å². The molecule has 0 aliphatic rings. The highest BCUT2D eigenvalue weighted by Gasteiger charge is 2.07. The van der Waals surface area contributed by atoms with Gasteiger partial charge in [-0.05, 0) is 29.8 Å². The van der Waals surface area contributed by atoms with Crippen LogP contribution in [0.4, 0.5) is 5.69 Å². The minimum atomic E-state index is 0.501. The molecule has 0 unspecified atom stereocenters. The van der Waals surface area contributed by atoms with Gasteiger partial charge in [-0.2, -0.15) is 10.1 Å². The topological polar surface area (TPSA) is 81.7 Å². The molecule has 2 heterocycles. The zero-order chi connectivity index (χ0) is 16.9. The van der Waals surface area contributed by atoms with E-state index in [-0.39, 0.29) is 0 Å². The molecule has 0 fully saturated rings. The second-order valence-corrected chi connectivity index (χ2v) is 5.51. The molecule has 124 valence electrons. The molecule has 0 atom stereocenters. The highest BCUT2D eigenvalue weighted by Crippen LogP contribution is 2.13. The fourth-order valence-corrected chi connectivity index (χ4v) is 2.46. The van der Waals surface area contributed by atoms with Crippen molar-refractivity contribution in [1.82, 2.24) is 24.9 Å². The Bertz CT molecular complexity index is 916. The van der Waals surface area contributed by atoms with Crippen LogP contribution in [-0.2, 0) is 13.0 Å². The van der Waals surface area contributed by atoms with E-state index in [0.717, 1.165) is 16.9 Å². The molecule has 7 nitrogen and oxygen atoms in total. The van der Waals surface area contributed by atoms with Gasteiger partial charge in [-0.25, -0.2) is 9.67 Å². The lowest BCUT2D eigenvalue weighted by Crippen LogP contribution is -2.02. The summed E-state index contributed by atoms with van der Waals surface area (Å²) in [5.41, 5.74) is 3.07. The summed E-state index contributed by atoms with van der Waals surface area (Å²) in [7, 11) is 0. The van der Waals surface area contributed by atoms with Gasteiger partial charge in [0.05, 0.1) is 18.7 Å². The van der Waals surface area contributed by atoms with Crippen LogP contribution in [0.25, 0.3) is 5.69 Å². The van der Waals surface area contributed by atoms with Crippen molar-refractivity contribution in [3.05, 3.63) is 84.5 Å². The zero-order valence-electron chi connectivity index (χ0n) is 13.4. The molecule has 0 saturated heterocycles. The summed E-state index contributed by atoms with van der Waals surface area (Å²) in [6, 6.07) is 17.9. The lowest BCUT2D eigenvalue weighted by Gasteiger charge is -2.05. The maximum atomic E-state index is 5.31. The van der Waals surface area contributed by atoms with E-state index in [2.05, 4.69) is 25.5 Å². The van der Waals surface area contributed by atoms with E-state index < -0.39 is 0 Å². The van der Waals surface area contributed by atoms with Crippen molar-refractivity contribution >= 4 is 5.69 Å². The monoisotopic (exact) mass is 332 g/mol. The third-order valence-corrected chi connectivity index (χ3v) is 3.71. The number of benzene rings is 2. The van der Waals surface area contributed by atoms with Crippen LogP contribution in [0.1, 0.15) is 17.3 Å². The number of anilines is 1. The molecule has 0 spiro atoms.